The zero-order chi connectivity index (χ0) is 19.5. The summed E-state index contributed by atoms with van der Waals surface area (Å²) >= 11 is 6.06. The second kappa shape index (κ2) is 8.05. The zero-order valence-corrected chi connectivity index (χ0v) is 16.2. The van der Waals surface area contributed by atoms with Crippen molar-refractivity contribution in [3.63, 3.8) is 0 Å². The fourth-order valence-corrected chi connectivity index (χ4v) is 3.99. The molecule has 2 rings (SSSR count). The van der Waals surface area contributed by atoms with E-state index in [1.165, 1.54) is 12.1 Å². The minimum atomic E-state index is -3.77. The molecule has 0 aliphatic rings. The van der Waals surface area contributed by atoms with Crippen LogP contribution in [0.25, 0.3) is 0 Å². The molecule has 0 heterocycles. The van der Waals surface area contributed by atoms with Gasteiger partial charge in [0.15, 0.2) is 0 Å². The van der Waals surface area contributed by atoms with Crippen LogP contribution in [0.4, 0.5) is 15.8 Å². The van der Waals surface area contributed by atoms with Crippen molar-refractivity contribution in [3.05, 3.63) is 58.9 Å². The van der Waals surface area contributed by atoms with E-state index in [0.717, 1.165) is 22.7 Å². The number of nitrogens with one attached hydrogen (secondary N) is 1. The normalized spacial score (nSPS) is 12.5. The Balaban J connectivity index is 2.40. The van der Waals surface area contributed by atoms with E-state index in [-0.39, 0.29) is 12.1 Å². The third-order valence-corrected chi connectivity index (χ3v) is 5.53. The van der Waals surface area contributed by atoms with Crippen molar-refractivity contribution in [2.75, 3.05) is 15.9 Å². The Hall–Kier alpha value is -2.12. The first-order valence-corrected chi connectivity index (χ1v) is 10.2. The first kappa shape index (κ1) is 20.2. The van der Waals surface area contributed by atoms with Crippen LogP contribution in [-0.2, 0) is 14.8 Å². The highest BCUT2D eigenvalue weighted by Gasteiger charge is 2.31. The molecule has 0 bridgehead atoms. The summed E-state index contributed by atoms with van der Waals surface area (Å²) < 4.78 is 38.9. The average Bonchev–Trinajstić information content (AvgIpc) is 2.56. The Bertz CT molecular complexity index is 901. The molecule has 0 aliphatic carbocycles. The SMILES string of the molecule is CCC(C(=O)Nc1cccc(Cl)c1C)N(c1ccc(F)cc1)S(C)(=O)=O. The molecule has 0 radical (unpaired) electrons. The molecule has 26 heavy (non-hydrogen) atoms. The van der Waals surface area contributed by atoms with Crippen molar-refractivity contribution in [3.8, 4) is 0 Å². The van der Waals surface area contributed by atoms with Crippen LogP contribution in [0.1, 0.15) is 18.9 Å². The van der Waals surface area contributed by atoms with E-state index in [2.05, 4.69) is 5.32 Å². The fraction of sp³-hybridized carbons (Fsp3) is 0.278. The number of sulfonamides is 1. The number of amides is 1. The standard InChI is InChI=1S/C18H20ClFN2O3S/c1-4-17(18(23)21-16-7-5-6-15(19)12(16)2)22(26(3,24)25)14-10-8-13(20)9-11-14/h5-11,17H,4H2,1-3H3,(H,21,23). The van der Waals surface area contributed by atoms with E-state index < -0.39 is 27.8 Å². The van der Waals surface area contributed by atoms with Crippen LogP contribution in [0.2, 0.25) is 5.02 Å². The molecule has 0 aromatic heterocycles. The van der Waals surface area contributed by atoms with Crippen LogP contribution in [0.15, 0.2) is 42.5 Å². The summed E-state index contributed by atoms with van der Waals surface area (Å²) in [5, 5.41) is 3.23. The van der Waals surface area contributed by atoms with E-state index in [1.54, 1.807) is 32.0 Å². The summed E-state index contributed by atoms with van der Waals surface area (Å²) in [4.78, 5) is 12.8. The lowest BCUT2D eigenvalue weighted by molar-refractivity contribution is -0.117. The number of carbonyl (C=O) groups is 1. The molecule has 0 saturated carbocycles. The third kappa shape index (κ3) is 4.53. The van der Waals surface area contributed by atoms with E-state index in [1.807, 2.05) is 0 Å². The lowest BCUT2D eigenvalue weighted by Crippen LogP contribution is -2.47. The van der Waals surface area contributed by atoms with Crippen LogP contribution in [0.3, 0.4) is 0 Å². The van der Waals surface area contributed by atoms with Gasteiger partial charge in [0.2, 0.25) is 15.9 Å². The van der Waals surface area contributed by atoms with Crippen molar-refractivity contribution >= 4 is 38.9 Å². The molecule has 140 valence electrons. The molecule has 1 amide bonds. The summed E-state index contributed by atoms with van der Waals surface area (Å²) in [7, 11) is -3.77. The first-order chi connectivity index (χ1) is 12.1. The summed E-state index contributed by atoms with van der Waals surface area (Å²) in [6.07, 6.45) is 1.24. The highest BCUT2D eigenvalue weighted by molar-refractivity contribution is 7.92. The highest BCUT2D eigenvalue weighted by Crippen LogP contribution is 2.26. The van der Waals surface area contributed by atoms with Crippen LogP contribution < -0.4 is 9.62 Å². The molecule has 0 fully saturated rings. The minimum absolute atomic E-state index is 0.221. The summed E-state index contributed by atoms with van der Waals surface area (Å²) in [5.41, 5.74) is 1.41. The van der Waals surface area contributed by atoms with Crippen LogP contribution >= 0.6 is 11.6 Å². The number of halogens is 2. The number of nitrogens with zero attached hydrogens (tertiary/aromatic N) is 1. The van der Waals surface area contributed by atoms with Gasteiger partial charge in [0.05, 0.1) is 11.9 Å². The monoisotopic (exact) mass is 398 g/mol. The third-order valence-electron chi connectivity index (χ3n) is 3.94. The van der Waals surface area contributed by atoms with Gasteiger partial charge in [0.1, 0.15) is 11.9 Å². The van der Waals surface area contributed by atoms with E-state index >= 15 is 0 Å². The second-order valence-corrected chi connectivity index (χ2v) is 8.13. The van der Waals surface area contributed by atoms with E-state index in [9.17, 15) is 17.6 Å². The predicted octanol–water partition coefficient (Wildman–Crippen LogP) is 3.97. The Morgan fingerprint density at radius 1 is 1.23 bits per heavy atom. The predicted molar refractivity (Wildman–Crippen MR) is 103 cm³/mol. The number of benzene rings is 2. The molecule has 2 aromatic rings. The van der Waals surface area contributed by atoms with Crippen molar-refractivity contribution in [1.82, 2.24) is 0 Å². The quantitative estimate of drug-likeness (QED) is 0.800. The molecular formula is C18H20ClFN2O3S. The van der Waals surface area contributed by atoms with Gasteiger partial charge in [-0.25, -0.2) is 12.8 Å². The van der Waals surface area contributed by atoms with Crippen molar-refractivity contribution < 1.29 is 17.6 Å². The lowest BCUT2D eigenvalue weighted by Gasteiger charge is -2.30. The number of anilines is 2. The minimum Gasteiger partial charge on any atom is -0.324 e. The van der Waals surface area contributed by atoms with Crippen molar-refractivity contribution in [2.45, 2.75) is 26.3 Å². The van der Waals surface area contributed by atoms with Gasteiger partial charge in [0.25, 0.3) is 0 Å². The van der Waals surface area contributed by atoms with Gasteiger partial charge in [0, 0.05) is 10.7 Å². The van der Waals surface area contributed by atoms with Gasteiger partial charge in [-0.1, -0.05) is 24.6 Å². The molecule has 1 N–H and O–H groups in total. The number of rotatable bonds is 6. The number of hydrogen-bond acceptors (Lipinski definition) is 3. The topological polar surface area (TPSA) is 66.5 Å². The van der Waals surface area contributed by atoms with Gasteiger partial charge in [-0.15, -0.1) is 0 Å². The molecular weight excluding hydrogens is 379 g/mol. The van der Waals surface area contributed by atoms with Gasteiger partial charge in [-0.05, 0) is 55.3 Å². The molecule has 1 unspecified atom stereocenters. The first-order valence-electron chi connectivity index (χ1n) is 7.96. The average molecular weight is 399 g/mol. The van der Waals surface area contributed by atoms with Gasteiger partial charge in [-0.2, -0.15) is 0 Å². The second-order valence-electron chi connectivity index (χ2n) is 5.86. The smallest absolute Gasteiger partial charge is 0.248 e. The number of carbonyl (C=O) groups excluding carboxylic acids is 1. The Morgan fingerprint density at radius 2 is 1.85 bits per heavy atom. The molecule has 8 heteroatoms. The van der Waals surface area contributed by atoms with Crippen molar-refractivity contribution in [1.29, 1.82) is 0 Å². The lowest BCUT2D eigenvalue weighted by atomic mass is 10.1. The maximum absolute atomic E-state index is 13.2. The largest absolute Gasteiger partial charge is 0.324 e. The summed E-state index contributed by atoms with van der Waals surface area (Å²) in [5.74, 6) is -0.984. The van der Waals surface area contributed by atoms with Crippen LogP contribution in [0, 0.1) is 12.7 Å². The van der Waals surface area contributed by atoms with Crippen LogP contribution in [-0.4, -0.2) is 26.6 Å². The molecule has 0 spiro atoms. The van der Waals surface area contributed by atoms with Crippen LogP contribution in [0.5, 0.6) is 0 Å². The van der Waals surface area contributed by atoms with Gasteiger partial charge in [-0.3, -0.25) is 9.10 Å². The van der Waals surface area contributed by atoms with Gasteiger partial charge < -0.3 is 5.32 Å². The zero-order valence-electron chi connectivity index (χ0n) is 14.7. The Morgan fingerprint density at radius 3 is 2.38 bits per heavy atom. The molecule has 0 aliphatic heterocycles. The van der Waals surface area contributed by atoms with E-state index in [0.29, 0.717) is 16.3 Å². The fourth-order valence-electron chi connectivity index (χ4n) is 2.61. The Labute approximate surface area is 157 Å². The highest BCUT2D eigenvalue weighted by atomic mass is 35.5. The van der Waals surface area contributed by atoms with Crippen molar-refractivity contribution in [2.24, 2.45) is 0 Å². The van der Waals surface area contributed by atoms with Gasteiger partial charge >= 0.3 is 0 Å². The molecule has 2 aromatic carbocycles. The Kier molecular flexibility index (Phi) is 6.26. The molecule has 5 nitrogen and oxygen atoms in total. The summed E-state index contributed by atoms with van der Waals surface area (Å²) in [6, 6.07) is 9.06. The van der Waals surface area contributed by atoms with E-state index in [4.69, 9.17) is 11.6 Å². The summed E-state index contributed by atoms with van der Waals surface area (Å²) in [6.45, 7) is 3.46. The maximum atomic E-state index is 13.2. The number of hydrogen-bond donors (Lipinski definition) is 1. The molecule has 1 atom stereocenters. The molecule has 0 saturated heterocycles. The maximum Gasteiger partial charge on any atom is 0.248 e.